The van der Waals surface area contributed by atoms with Crippen LogP contribution < -0.4 is 10.2 Å². The van der Waals surface area contributed by atoms with Gasteiger partial charge in [-0.05, 0) is 29.9 Å². The zero-order chi connectivity index (χ0) is 16.9. The van der Waals surface area contributed by atoms with Crippen molar-refractivity contribution in [1.82, 2.24) is 20.7 Å². The number of nitrogens with one attached hydrogen (secondary N) is 2. The maximum atomic E-state index is 14.6. The van der Waals surface area contributed by atoms with Crippen LogP contribution in [0.15, 0.2) is 24.4 Å². The standard InChI is InChI=1S/C15H18FN5O2S/c1-22-15(24)18-14(12-9-17-20-19-12)10-2-3-13(11(16)8-10)21-4-6-23-7-5-21/h2-3,8-9,14H,4-7H2,1H3,(H,18,24)(H,17,19,20). The molecule has 24 heavy (non-hydrogen) atoms. The topological polar surface area (TPSA) is 75.3 Å². The van der Waals surface area contributed by atoms with E-state index in [-0.39, 0.29) is 11.0 Å². The molecular formula is C15H18FN5O2S. The SMILES string of the molecule is COC(=S)NC(c1ccc(N2CCOCC2)c(F)c1)c1c[nH]nn1. The summed E-state index contributed by atoms with van der Waals surface area (Å²) in [4.78, 5) is 1.97. The fourth-order valence-corrected chi connectivity index (χ4v) is 2.74. The van der Waals surface area contributed by atoms with Crippen LogP contribution in [0.4, 0.5) is 10.1 Å². The van der Waals surface area contributed by atoms with Gasteiger partial charge in [0.2, 0.25) is 0 Å². The van der Waals surface area contributed by atoms with Gasteiger partial charge >= 0.3 is 0 Å². The molecule has 1 aliphatic rings. The van der Waals surface area contributed by atoms with Crippen molar-refractivity contribution in [2.75, 3.05) is 38.3 Å². The maximum absolute atomic E-state index is 14.6. The van der Waals surface area contributed by atoms with Gasteiger partial charge in [-0.25, -0.2) is 4.39 Å². The Morgan fingerprint density at radius 1 is 1.46 bits per heavy atom. The molecule has 1 unspecified atom stereocenters. The van der Waals surface area contributed by atoms with Crippen LogP contribution >= 0.6 is 12.2 Å². The molecule has 9 heteroatoms. The number of aromatic amines is 1. The van der Waals surface area contributed by atoms with Crippen LogP contribution in [0.1, 0.15) is 17.3 Å². The average molecular weight is 351 g/mol. The number of halogens is 1. The van der Waals surface area contributed by atoms with E-state index in [9.17, 15) is 4.39 Å². The Balaban J connectivity index is 1.87. The summed E-state index contributed by atoms with van der Waals surface area (Å²) in [5.74, 6) is -0.298. The van der Waals surface area contributed by atoms with Gasteiger partial charge in [0.15, 0.2) is 0 Å². The molecule has 0 amide bonds. The van der Waals surface area contributed by atoms with E-state index in [0.717, 1.165) is 0 Å². The second-order valence-electron chi connectivity index (χ2n) is 5.28. The third-order valence-electron chi connectivity index (χ3n) is 3.84. The molecule has 0 radical (unpaired) electrons. The van der Waals surface area contributed by atoms with Gasteiger partial charge in [0.25, 0.3) is 5.17 Å². The number of aromatic nitrogens is 3. The smallest absolute Gasteiger partial charge is 0.257 e. The minimum absolute atomic E-state index is 0.195. The van der Waals surface area contributed by atoms with Gasteiger partial charge in [0.05, 0.1) is 26.0 Å². The second kappa shape index (κ2) is 7.54. The van der Waals surface area contributed by atoms with Crippen LogP contribution in [-0.4, -0.2) is 54.0 Å². The summed E-state index contributed by atoms with van der Waals surface area (Å²) in [6.07, 6.45) is 1.63. The number of ether oxygens (including phenoxy) is 2. The fourth-order valence-electron chi connectivity index (χ4n) is 2.62. The minimum Gasteiger partial charge on any atom is -0.474 e. The van der Waals surface area contributed by atoms with Crippen LogP contribution in [0.2, 0.25) is 0 Å². The van der Waals surface area contributed by atoms with Crippen molar-refractivity contribution < 1.29 is 13.9 Å². The van der Waals surface area contributed by atoms with Gasteiger partial charge in [0, 0.05) is 19.3 Å². The van der Waals surface area contributed by atoms with Crippen molar-refractivity contribution in [3.8, 4) is 0 Å². The molecule has 128 valence electrons. The Kier molecular flexibility index (Phi) is 5.21. The van der Waals surface area contributed by atoms with Crippen molar-refractivity contribution in [2.45, 2.75) is 6.04 Å². The van der Waals surface area contributed by atoms with E-state index in [2.05, 4.69) is 20.7 Å². The number of nitrogens with zero attached hydrogens (tertiary/aromatic N) is 3. The Labute approximate surface area is 144 Å². The van der Waals surface area contributed by atoms with Gasteiger partial charge in [-0.3, -0.25) is 5.10 Å². The predicted molar refractivity (Wildman–Crippen MR) is 90.4 cm³/mol. The quantitative estimate of drug-likeness (QED) is 0.806. The minimum atomic E-state index is -0.454. The molecule has 1 fully saturated rings. The van der Waals surface area contributed by atoms with E-state index in [4.69, 9.17) is 21.7 Å². The Morgan fingerprint density at radius 2 is 2.25 bits per heavy atom. The Bertz CT molecular complexity index is 691. The lowest BCUT2D eigenvalue weighted by atomic mass is 10.0. The highest BCUT2D eigenvalue weighted by molar-refractivity contribution is 7.80. The number of rotatable bonds is 4. The summed E-state index contributed by atoms with van der Waals surface area (Å²) in [6, 6.07) is 4.64. The first kappa shape index (κ1) is 16.6. The largest absolute Gasteiger partial charge is 0.474 e. The zero-order valence-electron chi connectivity index (χ0n) is 13.2. The van der Waals surface area contributed by atoms with Gasteiger partial charge in [-0.2, -0.15) is 0 Å². The van der Waals surface area contributed by atoms with E-state index >= 15 is 0 Å². The first-order chi connectivity index (χ1) is 11.7. The Hall–Kier alpha value is -2.26. The number of morpholine rings is 1. The Morgan fingerprint density at radius 3 is 2.88 bits per heavy atom. The van der Waals surface area contributed by atoms with Gasteiger partial charge in [-0.15, -0.1) is 5.10 Å². The lowest BCUT2D eigenvalue weighted by molar-refractivity contribution is 0.122. The first-order valence-electron chi connectivity index (χ1n) is 7.52. The van der Waals surface area contributed by atoms with Crippen LogP contribution in [0.3, 0.4) is 0 Å². The lowest BCUT2D eigenvalue weighted by Crippen LogP contribution is -2.36. The molecule has 1 atom stereocenters. The molecule has 3 rings (SSSR count). The van der Waals surface area contributed by atoms with E-state index in [1.54, 1.807) is 12.3 Å². The maximum Gasteiger partial charge on any atom is 0.257 e. The van der Waals surface area contributed by atoms with Crippen molar-refractivity contribution in [3.63, 3.8) is 0 Å². The molecular weight excluding hydrogens is 333 g/mol. The third-order valence-corrected chi connectivity index (χ3v) is 4.12. The monoisotopic (exact) mass is 351 g/mol. The molecule has 0 saturated carbocycles. The van der Waals surface area contributed by atoms with Crippen molar-refractivity contribution in [1.29, 1.82) is 0 Å². The molecule has 1 saturated heterocycles. The van der Waals surface area contributed by atoms with Crippen molar-refractivity contribution in [2.24, 2.45) is 0 Å². The molecule has 1 aromatic heterocycles. The molecule has 2 N–H and O–H groups in total. The van der Waals surface area contributed by atoms with E-state index in [0.29, 0.717) is 43.2 Å². The molecule has 0 bridgehead atoms. The van der Waals surface area contributed by atoms with E-state index < -0.39 is 6.04 Å². The summed E-state index contributed by atoms with van der Waals surface area (Å²) >= 11 is 5.06. The predicted octanol–water partition coefficient (Wildman–Crippen LogP) is 1.39. The summed E-state index contributed by atoms with van der Waals surface area (Å²) < 4.78 is 24.9. The van der Waals surface area contributed by atoms with Crippen molar-refractivity contribution >= 4 is 23.1 Å². The molecule has 1 aliphatic heterocycles. The normalized spacial score (nSPS) is 15.8. The van der Waals surface area contributed by atoms with Gasteiger partial charge < -0.3 is 19.7 Å². The zero-order valence-corrected chi connectivity index (χ0v) is 14.0. The lowest BCUT2D eigenvalue weighted by Gasteiger charge is -2.29. The molecule has 0 spiro atoms. The fraction of sp³-hybridized carbons (Fsp3) is 0.400. The number of benzene rings is 1. The van der Waals surface area contributed by atoms with Crippen LogP contribution in [0.5, 0.6) is 0 Å². The highest BCUT2D eigenvalue weighted by Gasteiger charge is 2.21. The summed E-state index contributed by atoms with van der Waals surface area (Å²) in [6.45, 7) is 2.56. The van der Waals surface area contributed by atoms with Gasteiger partial charge in [0.1, 0.15) is 17.6 Å². The van der Waals surface area contributed by atoms with Crippen LogP contribution in [0.25, 0.3) is 0 Å². The van der Waals surface area contributed by atoms with Crippen molar-refractivity contribution in [3.05, 3.63) is 41.5 Å². The molecule has 0 aliphatic carbocycles. The molecule has 7 nitrogen and oxygen atoms in total. The summed E-state index contributed by atoms with van der Waals surface area (Å²) in [5, 5.41) is 13.5. The number of thiocarbonyl (C=S) groups is 1. The first-order valence-corrected chi connectivity index (χ1v) is 7.93. The third kappa shape index (κ3) is 3.62. The molecule has 2 heterocycles. The van der Waals surface area contributed by atoms with E-state index in [1.165, 1.54) is 13.2 Å². The molecule has 1 aromatic carbocycles. The van der Waals surface area contributed by atoms with E-state index in [1.807, 2.05) is 11.0 Å². The van der Waals surface area contributed by atoms with Crippen LogP contribution in [-0.2, 0) is 9.47 Å². The number of H-pyrrole nitrogens is 1. The number of hydrogen-bond acceptors (Lipinski definition) is 6. The summed E-state index contributed by atoms with van der Waals surface area (Å²) in [7, 11) is 1.47. The number of methoxy groups -OCH3 is 1. The van der Waals surface area contributed by atoms with Crippen LogP contribution in [0, 0.1) is 5.82 Å². The summed E-state index contributed by atoms with van der Waals surface area (Å²) in [5.41, 5.74) is 1.83. The highest BCUT2D eigenvalue weighted by Crippen LogP contribution is 2.27. The number of anilines is 1. The average Bonchev–Trinajstić information content (AvgIpc) is 3.14. The highest BCUT2D eigenvalue weighted by atomic mass is 32.1. The van der Waals surface area contributed by atoms with Gasteiger partial charge in [-0.1, -0.05) is 11.3 Å². The molecule has 2 aromatic rings. The second-order valence-corrected chi connectivity index (χ2v) is 5.65. The number of hydrogen-bond donors (Lipinski definition) is 2.